The molecule has 2 rings (SSSR count). The molecule has 110 valence electrons. The van der Waals surface area contributed by atoms with Gasteiger partial charge in [-0.15, -0.1) is 0 Å². The molecule has 1 aromatic carbocycles. The average Bonchev–Trinajstić information content (AvgIpc) is 2.49. The molecule has 1 aromatic rings. The fourth-order valence-corrected chi connectivity index (χ4v) is 2.82. The van der Waals surface area contributed by atoms with Crippen LogP contribution in [0.3, 0.4) is 0 Å². The Labute approximate surface area is 121 Å². The Kier molecular flexibility index (Phi) is 5.56. The number of hydrogen-bond acceptors (Lipinski definition) is 4. The lowest BCUT2D eigenvalue weighted by atomic mass is 10.0. The van der Waals surface area contributed by atoms with Crippen LogP contribution in [0, 0.1) is 0 Å². The van der Waals surface area contributed by atoms with Crippen molar-refractivity contribution in [2.24, 2.45) is 0 Å². The molecule has 0 aliphatic carbocycles. The Morgan fingerprint density at radius 1 is 1.45 bits per heavy atom. The topological polar surface area (TPSA) is 41.6 Å². The van der Waals surface area contributed by atoms with E-state index in [1.807, 2.05) is 24.3 Å². The number of nitrogens with zero attached hydrogens (tertiary/aromatic N) is 1. The minimum Gasteiger partial charge on any atom is -0.465 e. The van der Waals surface area contributed by atoms with Crippen LogP contribution >= 0.6 is 0 Å². The second kappa shape index (κ2) is 7.41. The number of piperazine rings is 1. The normalized spacial score (nSPS) is 19.8. The van der Waals surface area contributed by atoms with Gasteiger partial charge in [-0.25, -0.2) is 4.79 Å². The van der Waals surface area contributed by atoms with E-state index in [-0.39, 0.29) is 5.97 Å². The van der Waals surface area contributed by atoms with Gasteiger partial charge < -0.3 is 10.1 Å². The average molecular weight is 276 g/mol. The second-order valence-electron chi connectivity index (χ2n) is 5.27. The first-order valence-electron chi connectivity index (χ1n) is 7.37. The van der Waals surface area contributed by atoms with Crippen molar-refractivity contribution in [2.45, 2.75) is 32.4 Å². The second-order valence-corrected chi connectivity index (χ2v) is 5.27. The van der Waals surface area contributed by atoms with Crippen molar-refractivity contribution in [3.8, 4) is 0 Å². The van der Waals surface area contributed by atoms with Crippen molar-refractivity contribution >= 4 is 5.97 Å². The van der Waals surface area contributed by atoms with Crippen LogP contribution in [-0.4, -0.2) is 43.7 Å². The standard InChI is InChI=1S/C16H24N2O2/c1-3-6-14-11-17-9-10-18(14)12-13-7-4-5-8-15(13)16(19)20-2/h4-5,7-8,14,17H,3,6,9-12H2,1-2H3. The Balaban J connectivity index is 2.13. The predicted octanol–water partition coefficient (Wildman–Crippen LogP) is 2.05. The first-order chi connectivity index (χ1) is 9.76. The Bertz CT molecular complexity index is 446. The fraction of sp³-hybridized carbons (Fsp3) is 0.562. The van der Waals surface area contributed by atoms with E-state index < -0.39 is 0 Å². The lowest BCUT2D eigenvalue weighted by Crippen LogP contribution is -2.50. The zero-order valence-electron chi connectivity index (χ0n) is 12.4. The molecule has 1 fully saturated rings. The van der Waals surface area contributed by atoms with Gasteiger partial charge in [-0.2, -0.15) is 0 Å². The molecule has 0 radical (unpaired) electrons. The largest absolute Gasteiger partial charge is 0.465 e. The maximum Gasteiger partial charge on any atom is 0.338 e. The first-order valence-corrected chi connectivity index (χ1v) is 7.37. The number of methoxy groups -OCH3 is 1. The maximum absolute atomic E-state index is 11.8. The molecule has 0 aromatic heterocycles. The highest BCUT2D eigenvalue weighted by Gasteiger charge is 2.23. The monoisotopic (exact) mass is 276 g/mol. The van der Waals surface area contributed by atoms with Gasteiger partial charge in [0.15, 0.2) is 0 Å². The van der Waals surface area contributed by atoms with Crippen molar-refractivity contribution < 1.29 is 9.53 Å². The van der Waals surface area contributed by atoms with Gasteiger partial charge in [0.2, 0.25) is 0 Å². The van der Waals surface area contributed by atoms with E-state index in [1.54, 1.807) is 0 Å². The molecule has 1 N–H and O–H groups in total. The van der Waals surface area contributed by atoms with Gasteiger partial charge in [0, 0.05) is 32.2 Å². The molecule has 1 unspecified atom stereocenters. The number of esters is 1. The summed E-state index contributed by atoms with van der Waals surface area (Å²) in [5, 5.41) is 3.45. The Hall–Kier alpha value is -1.39. The molecule has 1 atom stereocenters. The van der Waals surface area contributed by atoms with Crippen LogP contribution in [0.25, 0.3) is 0 Å². The number of nitrogens with one attached hydrogen (secondary N) is 1. The van der Waals surface area contributed by atoms with Crippen LogP contribution in [0.1, 0.15) is 35.7 Å². The van der Waals surface area contributed by atoms with E-state index >= 15 is 0 Å². The Morgan fingerprint density at radius 3 is 3.00 bits per heavy atom. The highest BCUT2D eigenvalue weighted by molar-refractivity contribution is 5.90. The highest BCUT2D eigenvalue weighted by atomic mass is 16.5. The molecule has 20 heavy (non-hydrogen) atoms. The summed E-state index contributed by atoms with van der Waals surface area (Å²) < 4.78 is 4.87. The number of carbonyl (C=O) groups excluding carboxylic acids is 1. The summed E-state index contributed by atoms with van der Waals surface area (Å²) in [6.45, 7) is 6.11. The zero-order valence-corrected chi connectivity index (χ0v) is 12.4. The van der Waals surface area contributed by atoms with E-state index in [1.165, 1.54) is 20.0 Å². The van der Waals surface area contributed by atoms with E-state index in [0.29, 0.717) is 11.6 Å². The minimum atomic E-state index is -0.247. The fourth-order valence-electron chi connectivity index (χ4n) is 2.82. The van der Waals surface area contributed by atoms with Gasteiger partial charge in [0.05, 0.1) is 12.7 Å². The molecular weight excluding hydrogens is 252 g/mol. The summed E-state index contributed by atoms with van der Waals surface area (Å²) in [5.41, 5.74) is 1.74. The quantitative estimate of drug-likeness (QED) is 0.836. The summed E-state index contributed by atoms with van der Waals surface area (Å²) in [6.07, 6.45) is 2.37. The Morgan fingerprint density at radius 2 is 2.25 bits per heavy atom. The van der Waals surface area contributed by atoms with Crippen LogP contribution in [0.2, 0.25) is 0 Å². The molecule has 1 saturated heterocycles. The highest BCUT2D eigenvalue weighted by Crippen LogP contribution is 2.17. The molecule has 4 heteroatoms. The van der Waals surface area contributed by atoms with Gasteiger partial charge in [-0.05, 0) is 18.1 Å². The van der Waals surface area contributed by atoms with Crippen molar-refractivity contribution in [2.75, 3.05) is 26.7 Å². The van der Waals surface area contributed by atoms with Crippen molar-refractivity contribution in [3.63, 3.8) is 0 Å². The van der Waals surface area contributed by atoms with Crippen LogP contribution < -0.4 is 5.32 Å². The smallest absolute Gasteiger partial charge is 0.338 e. The van der Waals surface area contributed by atoms with Gasteiger partial charge in [0.1, 0.15) is 0 Å². The minimum absolute atomic E-state index is 0.247. The number of benzene rings is 1. The molecule has 0 spiro atoms. The molecule has 1 heterocycles. The predicted molar refractivity (Wildman–Crippen MR) is 79.8 cm³/mol. The van der Waals surface area contributed by atoms with E-state index in [2.05, 4.69) is 17.1 Å². The molecule has 1 aliphatic heterocycles. The summed E-state index contributed by atoms with van der Waals surface area (Å²) >= 11 is 0. The third-order valence-corrected chi connectivity index (χ3v) is 3.89. The maximum atomic E-state index is 11.8. The SMILES string of the molecule is CCCC1CNCCN1Cc1ccccc1C(=O)OC. The van der Waals surface area contributed by atoms with Crippen LogP contribution in [0.15, 0.2) is 24.3 Å². The lowest BCUT2D eigenvalue weighted by Gasteiger charge is -2.36. The van der Waals surface area contributed by atoms with Gasteiger partial charge >= 0.3 is 5.97 Å². The van der Waals surface area contributed by atoms with E-state index in [0.717, 1.165) is 31.7 Å². The summed E-state index contributed by atoms with van der Waals surface area (Å²) in [5.74, 6) is -0.247. The summed E-state index contributed by atoms with van der Waals surface area (Å²) in [7, 11) is 1.43. The van der Waals surface area contributed by atoms with Crippen LogP contribution in [0.4, 0.5) is 0 Å². The molecule has 1 aliphatic rings. The number of ether oxygens (including phenoxy) is 1. The zero-order chi connectivity index (χ0) is 14.4. The molecule has 0 bridgehead atoms. The van der Waals surface area contributed by atoms with Crippen molar-refractivity contribution in [3.05, 3.63) is 35.4 Å². The van der Waals surface area contributed by atoms with Crippen LogP contribution in [0.5, 0.6) is 0 Å². The van der Waals surface area contributed by atoms with Gasteiger partial charge in [-0.1, -0.05) is 31.5 Å². The van der Waals surface area contributed by atoms with E-state index in [9.17, 15) is 4.79 Å². The molecule has 0 amide bonds. The molecular formula is C16H24N2O2. The lowest BCUT2D eigenvalue weighted by molar-refractivity contribution is 0.0596. The number of hydrogen-bond donors (Lipinski definition) is 1. The van der Waals surface area contributed by atoms with Gasteiger partial charge in [-0.3, -0.25) is 4.90 Å². The summed E-state index contributed by atoms with van der Waals surface area (Å²) in [6, 6.07) is 8.30. The van der Waals surface area contributed by atoms with Crippen LogP contribution in [-0.2, 0) is 11.3 Å². The number of carbonyl (C=O) groups is 1. The van der Waals surface area contributed by atoms with Crippen molar-refractivity contribution in [1.29, 1.82) is 0 Å². The molecule has 4 nitrogen and oxygen atoms in total. The van der Waals surface area contributed by atoms with Gasteiger partial charge in [0.25, 0.3) is 0 Å². The number of rotatable bonds is 5. The third kappa shape index (κ3) is 3.58. The van der Waals surface area contributed by atoms with Crippen molar-refractivity contribution in [1.82, 2.24) is 10.2 Å². The first kappa shape index (κ1) is 15.0. The molecule has 0 saturated carbocycles. The van der Waals surface area contributed by atoms with E-state index in [4.69, 9.17) is 4.74 Å². The third-order valence-electron chi connectivity index (χ3n) is 3.89. The summed E-state index contributed by atoms with van der Waals surface area (Å²) in [4.78, 5) is 14.3.